The summed E-state index contributed by atoms with van der Waals surface area (Å²) in [5, 5.41) is 0.522. The largest absolute Gasteiger partial charge is 1.00 e. The minimum atomic E-state index is -5.08. The molecule has 0 saturated heterocycles. The third kappa shape index (κ3) is 5.58. The number of halogens is 4. The number of aryl methyl sites for hydroxylation is 1. The number of rotatable bonds is 4. The van der Waals surface area contributed by atoms with E-state index in [0.29, 0.717) is 10.6 Å². The fourth-order valence-corrected chi connectivity index (χ4v) is 1.91. The molecule has 1 aromatic carbocycles. The average molecular weight is 340 g/mol. The van der Waals surface area contributed by atoms with Crippen LogP contribution in [0.2, 0.25) is 5.02 Å². The molecule has 1 heterocycles. The number of benzene rings is 1. The van der Waals surface area contributed by atoms with Gasteiger partial charge in [-0.25, -0.2) is 0 Å². The zero-order valence-corrected chi connectivity index (χ0v) is 15.5. The zero-order chi connectivity index (χ0) is 14.8. The molecular weight excluding hydrogens is 329 g/mol. The van der Waals surface area contributed by atoms with Crippen molar-refractivity contribution in [3.63, 3.8) is 0 Å². The van der Waals surface area contributed by atoms with Crippen molar-refractivity contribution >= 4 is 24.0 Å². The van der Waals surface area contributed by atoms with Crippen LogP contribution in [0, 0.1) is 6.92 Å². The maximum Gasteiger partial charge on any atom is 1.00 e. The van der Waals surface area contributed by atoms with E-state index in [1.54, 1.807) is 12.1 Å². The van der Waals surface area contributed by atoms with Crippen molar-refractivity contribution in [2.75, 3.05) is 0 Å². The number of pyridine rings is 1. The molecule has 2 aromatic rings. The van der Waals surface area contributed by atoms with Crippen molar-refractivity contribution in [2.24, 2.45) is 0 Å². The molecule has 1 aromatic heterocycles. The molecule has 2 nitrogen and oxygen atoms in total. The summed E-state index contributed by atoms with van der Waals surface area (Å²) in [4.78, 5) is 3.54. The first-order valence-corrected chi connectivity index (χ1v) is 6.27. The monoisotopic (exact) mass is 339 g/mol. The Balaban J connectivity index is 0.00000220. The van der Waals surface area contributed by atoms with E-state index in [4.69, 9.17) is 16.3 Å². The molecule has 21 heavy (non-hydrogen) atoms. The molecule has 0 aliphatic heterocycles. The van der Waals surface area contributed by atoms with Crippen LogP contribution in [0.3, 0.4) is 0 Å². The molecule has 0 bridgehead atoms. The van der Waals surface area contributed by atoms with Crippen molar-refractivity contribution in [1.29, 1.82) is 0 Å². The molecule has 0 aliphatic carbocycles. The van der Waals surface area contributed by atoms with E-state index in [1.807, 2.05) is 13.0 Å². The van der Waals surface area contributed by atoms with Crippen LogP contribution in [0.5, 0.6) is 5.75 Å². The van der Waals surface area contributed by atoms with Gasteiger partial charge in [-0.1, -0.05) is 29.2 Å². The molecular formula is C13H11BClF3KNO. The number of ether oxygens (including phenoxy) is 1. The Morgan fingerprint density at radius 3 is 2.52 bits per heavy atom. The number of hydrogen-bond acceptors (Lipinski definition) is 2. The third-order valence-electron chi connectivity index (χ3n) is 2.72. The first kappa shape index (κ1) is 19.0. The van der Waals surface area contributed by atoms with Crippen LogP contribution in [-0.2, 0) is 6.61 Å². The van der Waals surface area contributed by atoms with E-state index in [2.05, 4.69) is 4.98 Å². The Hall–Kier alpha value is -0.0487. The second kappa shape index (κ2) is 7.99. The summed E-state index contributed by atoms with van der Waals surface area (Å²) in [7, 11) is 0. The summed E-state index contributed by atoms with van der Waals surface area (Å²) in [6.07, 6.45) is 2.03. The summed E-state index contributed by atoms with van der Waals surface area (Å²) >= 11 is 6.03. The molecule has 0 saturated carbocycles. The van der Waals surface area contributed by atoms with Crippen molar-refractivity contribution in [2.45, 2.75) is 13.5 Å². The molecule has 0 amide bonds. The van der Waals surface area contributed by atoms with Gasteiger partial charge in [0.15, 0.2) is 0 Å². The molecule has 0 atom stereocenters. The standard InChI is InChI=1S/C13H11BClF3NO.K/c1-9-2-3-10(13(15)4-9)8-20-12-5-11(6-19-7-12)14(16,17)18;/h2-7H,8H2,1H3;/q-1;+1. The van der Waals surface area contributed by atoms with Gasteiger partial charge >= 0.3 is 58.4 Å². The summed E-state index contributed by atoms with van der Waals surface area (Å²) in [6, 6.07) is 6.35. The molecule has 8 heteroatoms. The van der Waals surface area contributed by atoms with Gasteiger partial charge in [0.25, 0.3) is 0 Å². The van der Waals surface area contributed by atoms with Crippen molar-refractivity contribution in [3.8, 4) is 5.75 Å². The van der Waals surface area contributed by atoms with Crippen LogP contribution in [0.25, 0.3) is 0 Å². The van der Waals surface area contributed by atoms with Gasteiger partial charge in [0.2, 0.25) is 0 Å². The molecule has 0 N–H and O–H groups in total. The molecule has 106 valence electrons. The summed E-state index contributed by atoms with van der Waals surface area (Å²) in [5.74, 6) is 0.0679. The third-order valence-corrected chi connectivity index (χ3v) is 3.07. The van der Waals surface area contributed by atoms with Crippen LogP contribution in [0.15, 0.2) is 36.7 Å². The smallest absolute Gasteiger partial charge is 0.487 e. The Morgan fingerprint density at radius 1 is 1.19 bits per heavy atom. The van der Waals surface area contributed by atoms with Crippen LogP contribution in [0.1, 0.15) is 11.1 Å². The van der Waals surface area contributed by atoms with Crippen molar-refractivity contribution in [3.05, 3.63) is 52.8 Å². The predicted molar refractivity (Wildman–Crippen MR) is 73.5 cm³/mol. The number of nitrogens with zero attached hydrogens (tertiary/aromatic N) is 1. The van der Waals surface area contributed by atoms with Crippen molar-refractivity contribution in [1.82, 2.24) is 4.98 Å². The van der Waals surface area contributed by atoms with Crippen LogP contribution >= 0.6 is 11.6 Å². The van der Waals surface area contributed by atoms with Gasteiger partial charge in [0, 0.05) is 16.8 Å². The maximum absolute atomic E-state index is 12.6. The van der Waals surface area contributed by atoms with E-state index < -0.39 is 12.4 Å². The number of hydrogen-bond donors (Lipinski definition) is 0. The molecule has 0 unspecified atom stereocenters. The fraction of sp³-hybridized carbons (Fsp3) is 0.154. The van der Waals surface area contributed by atoms with E-state index in [0.717, 1.165) is 17.8 Å². The minimum absolute atomic E-state index is 0. The van der Waals surface area contributed by atoms with E-state index >= 15 is 0 Å². The zero-order valence-electron chi connectivity index (χ0n) is 11.6. The number of aromatic nitrogens is 1. The molecule has 0 aliphatic rings. The van der Waals surface area contributed by atoms with Crippen LogP contribution in [-0.4, -0.2) is 12.0 Å². The second-order valence-electron chi connectivity index (χ2n) is 4.41. The Kier molecular flexibility index (Phi) is 7.23. The Bertz CT molecular complexity index is 625. The quantitative estimate of drug-likeness (QED) is 0.765. The Morgan fingerprint density at radius 2 is 1.90 bits per heavy atom. The van der Waals surface area contributed by atoms with Gasteiger partial charge in [-0.2, -0.15) is 0 Å². The minimum Gasteiger partial charge on any atom is -0.487 e. The second-order valence-corrected chi connectivity index (χ2v) is 4.82. The Labute approximate surface area is 168 Å². The maximum atomic E-state index is 12.6. The average Bonchev–Trinajstić information content (AvgIpc) is 2.37. The van der Waals surface area contributed by atoms with Gasteiger partial charge < -0.3 is 17.7 Å². The first-order valence-electron chi connectivity index (χ1n) is 5.89. The van der Waals surface area contributed by atoms with E-state index in [1.165, 1.54) is 6.20 Å². The molecule has 0 fully saturated rings. The van der Waals surface area contributed by atoms with E-state index in [-0.39, 0.29) is 63.7 Å². The van der Waals surface area contributed by atoms with Gasteiger partial charge in [-0.15, -0.1) is 0 Å². The van der Waals surface area contributed by atoms with Crippen LogP contribution < -0.4 is 61.6 Å². The van der Waals surface area contributed by atoms with Gasteiger partial charge in [0.1, 0.15) is 12.4 Å². The topological polar surface area (TPSA) is 22.1 Å². The van der Waals surface area contributed by atoms with Crippen LogP contribution in [0.4, 0.5) is 12.9 Å². The first-order chi connectivity index (χ1) is 9.36. The summed E-state index contributed by atoms with van der Waals surface area (Å²) < 4.78 is 43.1. The fourth-order valence-electron chi connectivity index (χ4n) is 1.62. The van der Waals surface area contributed by atoms with Gasteiger partial charge in [0.05, 0.1) is 6.20 Å². The van der Waals surface area contributed by atoms with Crippen molar-refractivity contribution < 1.29 is 69.1 Å². The van der Waals surface area contributed by atoms with Gasteiger partial charge in [-0.3, -0.25) is 4.98 Å². The summed E-state index contributed by atoms with van der Waals surface area (Å²) in [6.45, 7) is -3.09. The SMILES string of the molecule is Cc1ccc(COc2cncc([B-](F)(F)F)c2)c(Cl)c1.[K+]. The van der Waals surface area contributed by atoms with E-state index in [9.17, 15) is 12.9 Å². The molecule has 0 spiro atoms. The molecule has 0 radical (unpaired) electrons. The summed E-state index contributed by atoms with van der Waals surface area (Å²) in [5.41, 5.74) is 0.930. The normalized spacial score (nSPS) is 10.9. The van der Waals surface area contributed by atoms with Gasteiger partial charge in [-0.05, 0) is 24.6 Å². The predicted octanol–water partition coefficient (Wildman–Crippen LogP) is 0.681. The molecule has 2 rings (SSSR count).